The van der Waals surface area contributed by atoms with Gasteiger partial charge in [0.05, 0.1) is 13.7 Å². The highest BCUT2D eigenvalue weighted by Crippen LogP contribution is 2.24. The van der Waals surface area contributed by atoms with Crippen molar-refractivity contribution in [2.24, 2.45) is 4.99 Å². The topological polar surface area (TPSA) is 38.7 Å². The van der Waals surface area contributed by atoms with E-state index in [-0.39, 0.29) is 0 Å². The Balaban J connectivity index is 3.07. The molecule has 1 aromatic rings. The molecule has 0 heterocycles. The molecule has 0 spiro atoms. The lowest BCUT2D eigenvalue weighted by Crippen LogP contribution is -1.95. The van der Waals surface area contributed by atoms with Gasteiger partial charge in [-0.25, -0.2) is 9.79 Å². The van der Waals surface area contributed by atoms with Crippen molar-refractivity contribution in [2.75, 3.05) is 7.11 Å². The zero-order valence-electron chi connectivity index (χ0n) is 8.41. The van der Waals surface area contributed by atoms with Crippen molar-refractivity contribution in [3.63, 3.8) is 0 Å². The van der Waals surface area contributed by atoms with Crippen LogP contribution in [0.25, 0.3) is 0 Å². The van der Waals surface area contributed by atoms with Crippen molar-refractivity contribution in [1.82, 2.24) is 0 Å². The van der Waals surface area contributed by atoms with E-state index >= 15 is 0 Å². The Bertz CT molecular complexity index is 354. The average molecular weight is 191 g/mol. The molecule has 1 rings (SSSR count). The number of isocyanates is 1. The molecule has 0 aliphatic carbocycles. The predicted molar refractivity (Wildman–Crippen MR) is 54.2 cm³/mol. The smallest absolute Gasteiger partial charge is 0.235 e. The number of hydrogen-bond donors (Lipinski definition) is 0. The lowest BCUT2D eigenvalue weighted by atomic mass is 10.1. The minimum absolute atomic E-state index is 0.334. The number of para-hydroxylation sites is 1. The van der Waals surface area contributed by atoms with E-state index in [1.165, 1.54) is 6.08 Å². The second-order valence-corrected chi connectivity index (χ2v) is 2.87. The fourth-order valence-corrected chi connectivity index (χ4v) is 1.42. The number of hydrogen-bond acceptors (Lipinski definition) is 3. The molecule has 0 saturated carbocycles. The van der Waals surface area contributed by atoms with Crippen LogP contribution in [0.2, 0.25) is 0 Å². The minimum Gasteiger partial charge on any atom is -0.496 e. The molecule has 1 aromatic carbocycles. The fraction of sp³-hybridized carbons (Fsp3) is 0.364. The summed E-state index contributed by atoms with van der Waals surface area (Å²) in [5.41, 5.74) is 2.06. The summed E-state index contributed by atoms with van der Waals surface area (Å²) in [5, 5.41) is 0. The Kier molecular flexibility index (Phi) is 3.89. The Hall–Kier alpha value is -1.60. The molecule has 0 atom stereocenters. The van der Waals surface area contributed by atoms with Gasteiger partial charge in [0, 0.05) is 5.56 Å². The van der Waals surface area contributed by atoms with Gasteiger partial charge in [0.1, 0.15) is 5.75 Å². The van der Waals surface area contributed by atoms with E-state index in [0.29, 0.717) is 6.54 Å². The molecule has 3 heteroatoms. The first-order valence-corrected chi connectivity index (χ1v) is 4.51. The van der Waals surface area contributed by atoms with Crippen LogP contribution in [0, 0.1) is 0 Å². The van der Waals surface area contributed by atoms with Crippen LogP contribution in [0.4, 0.5) is 0 Å². The maximum atomic E-state index is 10.00. The molecule has 14 heavy (non-hydrogen) atoms. The molecular weight excluding hydrogens is 178 g/mol. The van der Waals surface area contributed by atoms with Gasteiger partial charge >= 0.3 is 0 Å². The number of aliphatic imine (C=N–C) groups is 1. The number of methoxy groups -OCH3 is 1. The van der Waals surface area contributed by atoms with Crippen molar-refractivity contribution in [2.45, 2.75) is 19.9 Å². The van der Waals surface area contributed by atoms with Crippen molar-refractivity contribution in [3.05, 3.63) is 29.3 Å². The number of nitrogens with zero attached hydrogens (tertiary/aromatic N) is 1. The van der Waals surface area contributed by atoms with E-state index in [1.54, 1.807) is 7.11 Å². The fourth-order valence-electron chi connectivity index (χ4n) is 1.42. The van der Waals surface area contributed by atoms with Gasteiger partial charge in [-0.3, -0.25) is 0 Å². The summed E-state index contributed by atoms with van der Waals surface area (Å²) in [5.74, 6) is 0.828. The van der Waals surface area contributed by atoms with E-state index in [0.717, 1.165) is 23.3 Å². The zero-order valence-corrected chi connectivity index (χ0v) is 8.41. The van der Waals surface area contributed by atoms with Crippen LogP contribution in [-0.2, 0) is 17.8 Å². The predicted octanol–water partition coefficient (Wildman–Crippen LogP) is 2.09. The summed E-state index contributed by atoms with van der Waals surface area (Å²) in [6.07, 6.45) is 2.43. The van der Waals surface area contributed by atoms with Crippen LogP contribution in [0.15, 0.2) is 23.2 Å². The molecule has 74 valence electrons. The lowest BCUT2D eigenvalue weighted by molar-refractivity contribution is 0.405. The highest BCUT2D eigenvalue weighted by Gasteiger charge is 2.06. The Labute approximate surface area is 83.4 Å². The molecular formula is C11H13NO2. The lowest BCUT2D eigenvalue weighted by Gasteiger charge is -2.10. The third kappa shape index (κ3) is 2.21. The van der Waals surface area contributed by atoms with Crippen LogP contribution in [0.1, 0.15) is 18.1 Å². The molecule has 0 aliphatic heterocycles. The third-order valence-corrected chi connectivity index (χ3v) is 2.08. The summed E-state index contributed by atoms with van der Waals surface area (Å²) >= 11 is 0. The van der Waals surface area contributed by atoms with Crippen LogP contribution >= 0.6 is 0 Å². The van der Waals surface area contributed by atoms with Gasteiger partial charge in [-0.1, -0.05) is 25.1 Å². The summed E-state index contributed by atoms with van der Waals surface area (Å²) in [4.78, 5) is 13.5. The maximum absolute atomic E-state index is 10.00. The van der Waals surface area contributed by atoms with Gasteiger partial charge in [-0.05, 0) is 12.0 Å². The Morgan fingerprint density at radius 1 is 1.43 bits per heavy atom. The Morgan fingerprint density at radius 2 is 2.14 bits per heavy atom. The molecule has 0 amide bonds. The normalized spacial score (nSPS) is 9.29. The van der Waals surface area contributed by atoms with Crippen molar-refractivity contribution < 1.29 is 9.53 Å². The van der Waals surface area contributed by atoms with Gasteiger partial charge in [0.2, 0.25) is 6.08 Å². The van der Waals surface area contributed by atoms with E-state index in [1.807, 2.05) is 18.2 Å². The van der Waals surface area contributed by atoms with Gasteiger partial charge in [0.25, 0.3) is 0 Å². The van der Waals surface area contributed by atoms with Crippen LogP contribution < -0.4 is 4.74 Å². The molecule has 3 nitrogen and oxygen atoms in total. The zero-order chi connectivity index (χ0) is 10.4. The van der Waals surface area contributed by atoms with E-state index in [4.69, 9.17) is 4.74 Å². The monoisotopic (exact) mass is 191 g/mol. The molecule has 0 bridgehead atoms. The van der Waals surface area contributed by atoms with Gasteiger partial charge < -0.3 is 4.74 Å². The summed E-state index contributed by atoms with van der Waals surface area (Å²) in [6, 6.07) is 5.85. The number of rotatable bonds is 4. The van der Waals surface area contributed by atoms with Crippen LogP contribution in [-0.4, -0.2) is 13.2 Å². The number of carbonyl (C=O) groups excluding carboxylic acids is 1. The summed E-state index contributed by atoms with van der Waals surface area (Å²) < 4.78 is 5.27. The molecule has 0 aliphatic rings. The standard InChI is InChI=1S/C11H13NO2/c1-3-9-5-4-6-10(7-12-8-13)11(9)14-2/h4-6H,3,7H2,1-2H3. The number of benzene rings is 1. The average Bonchev–Trinajstić information content (AvgIpc) is 2.25. The van der Waals surface area contributed by atoms with Gasteiger partial charge in [-0.2, -0.15) is 0 Å². The quantitative estimate of drug-likeness (QED) is 0.540. The van der Waals surface area contributed by atoms with Crippen LogP contribution in [0.5, 0.6) is 5.75 Å². The molecule has 0 saturated heterocycles. The summed E-state index contributed by atoms with van der Waals surface area (Å²) in [7, 11) is 1.63. The molecule has 0 radical (unpaired) electrons. The second-order valence-electron chi connectivity index (χ2n) is 2.87. The molecule has 0 fully saturated rings. The molecule has 0 aromatic heterocycles. The van der Waals surface area contributed by atoms with Crippen LogP contribution in [0.3, 0.4) is 0 Å². The SMILES string of the molecule is CCc1cccc(CN=C=O)c1OC. The van der Waals surface area contributed by atoms with Gasteiger partial charge in [-0.15, -0.1) is 0 Å². The third-order valence-electron chi connectivity index (χ3n) is 2.08. The second kappa shape index (κ2) is 5.20. The summed E-state index contributed by atoms with van der Waals surface area (Å²) in [6.45, 7) is 2.39. The van der Waals surface area contributed by atoms with Crippen molar-refractivity contribution in [3.8, 4) is 5.75 Å². The maximum Gasteiger partial charge on any atom is 0.235 e. The van der Waals surface area contributed by atoms with Crippen molar-refractivity contribution >= 4 is 6.08 Å². The van der Waals surface area contributed by atoms with Crippen molar-refractivity contribution in [1.29, 1.82) is 0 Å². The molecule has 0 N–H and O–H groups in total. The number of aryl methyl sites for hydroxylation is 1. The highest BCUT2D eigenvalue weighted by molar-refractivity contribution is 5.43. The van der Waals surface area contributed by atoms with E-state index < -0.39 is 0 Å². The van der Waals surface area contributed by atoms with E-state index in [2.05, 4.69) is 11.9 Å². The highest BCUT2D eigenvalue weighted by atomic mass is 16.5. The Morgan fingerprint density at radius 3 is 2.71 bits per heavy atom. The first-order chi connectivity index (χ1) is 6.83. The largest absolute Gasteiger partial charge is 0.496 e. The first kappa shape index (κ1) is 10.5. The molecule has 0 unspecified atom stereocenters. The minimum atomic E-state index is 0.334. The van der Waals surface area contributed by atoms with E-state index in [9.17, 15) is 4.79 Å². The first-order valence-electron chi connectivity index (χ1n) is 4.51. The van der Waals surface area contributed by atoms with Gasteiger partial charge in [0.15, 0.2) is 0 Å². The number of ether oxygens (including phenoxy) is 1.